The minimum Gasteiger partial charge on any atom is -0.444 e. The highest BCUT2D eigenvalue weighted by Crippen LogP contribution is 2.14. The molecule has 166 valence electrons. The van der Waals surface area contributed by atoms with Crippen LogP contribution >= 0.6 is 0 Å². The van der Waals surface area contributed by atoms with E-state index in [4.69, 9.17) is 27.7 Å². The molecule has 1 aromatic carbocycles. The van der Waals surface area contributed by atoms with Gasteiger partial charge in [0.05, 0.1) is 12.1 Å². The fourth-order valence-corrected chi connectivity index (χ4v) is 2.75. The molecule has 0 fully saturated rings. The number of nitrogens with zero attached hydrogens (tertiary/aromatic N) is 2. The van der Waals surface area contributed by atoms with Crippen molar-refractivity contribution < 1.29 is 19.1 Å². The van der Waals surface area contributed by atoms with Crippen molar-refractivity contribution in [2.24, 2.45) is 27.9 Å². The Morgan fingerprint density at radius 1 is 1.10 bits per heavy atom. The molecule has 0 heterocycles. The second kappa shape index (κ2) is 14.1. The van der Waals surface area contributed by atoms with Crippen LogP contribution in [-0.2, 0) is 20.9 Å². The highest BCUT2D eigenvalue weighted by molar-refractivity contribution is 5.97. The molecule has 10 heteroatoms. The van der Waals surface area contributed by atoms with Crippen molar-refractivity contribution in [3.8, 4) is 0 Å². The zero-order valence-corrected chi connectivity index (χ0v) is 17.1. The third kappa shape index (κ3) is 9.01. The molecular weight excluding hydrogens is 388 g/mol. The molecule has 1 aromatic rings. The third-order valence-electron chi connectivity index (χ3n) is 4.37. The van der Waals surface area contributed by atoms with Gasteiger partial charge in [0.1, 0.15) is 12.9 Å². The highest BCUT2D eigenvalue weighted by atomic mass is 16.6. The number of carbonyl (C=O) groups excluding carboxylic acids is 3. The maximum atomic E-state index is 12.9. The topological polar surface area (TPSA) is 180 Å². The van der Waals surface area contributed by atoms with Crippen LogP contribution in [0.15, 0.2) is 35.3 Å². The molecule has 1 rings (SSSR count). The third-order valence-corrected chi connectivity index (χ3v) is 4.37. The van der Waals surface area contributed by atoms with Crippen LogP contribution < -0.4 is 22.9 Å². The van der Waals surface area contributed by atoms with Gasteiger partial charge in [-0.3, -0.25) is 9.79 Å². The van der Waals surface area contributed by atoms with Gasteiger partial charge in [0, 0.05) is 6.54 Å². The number of rotatable bonds is 13. The van der Waals surface area contributed by atoms with E-state index in [1.54, 1.807) is 24.3 Å². The Kier molecular flexibility index (Phi) is 11.8. The number of ether oxygens (including phenoxy) is 1. The Bertz CT molecular complexity index is 694. The zero-order chi connectivity index (χ0) is 22.4. The summed E-state index contributed by atoms with van der Waals surface area (Å²) in [7, 11) is 0. The number of hydrogen-bond acceptors (Lipinski definition) is 7. The number of nitrogens with two attached hydrogens (primary N) is 4. The summed E-state index contributed by atoms with van der Waals surface area (Å²) in [4.78, 5) is 41.9. The average molecular weight is 421 g/mol. The van der Waals surface area contributed by atoms with Gasteiger partial charge in [-0.1, -0.05) is 30.3 Å². The molecule has 0 saturated heterocycles. The summed E-state index contributed by atoms with van der Waals surface area (Å²) in [6.07, 6.45) is 1.86. The van der Waals surface area contributed by atoms with Gasteiger partial charge in [0.2, 0.25) is 5.91 Å². The molecule has 0 unspecified atom stereocenters. The van der Waals surface area contributed by atoms with Crippen LogP contribution in [0.4, 0.5) is 4.79 Å². The maximum absolute atomic E-state index is 12.9. The van der Waals surface area contributed by atoms with E-state index in [0.29, 0.717) is 38.6 Å². The highest BCUT2D eigenvalue weighted by Gasteiger charge is 2.33. The van der Waals surface area contributed by atoms with Gasteiger partial charge >= 0.3 is 6.09 Å². The lowest BCUT2D eigenvalue weighted by atomic mass is 10.1. The van der Waals surface area contributed by atoms with Gasteiger partial charge < -0.3 is 32.5 Å². The van der Waals surface area contributed by atoms with E-state index in [-0.39, 0.29) is 25.4 Å². The lowest BCUT2D eigenvalue weighted by Gasteiger charge is -2.28. The molecule has 2 atom stereocenters. The summed E-state index contributed by atoms with van der Waals surface area (Å²) in [6, 6.07) is 7.04. The minimum atomic E-state index is -1.000. The Morgan fingerprint density at radius 3 is 2.40 bits per heavy atom. The Labute approximate surface area is 176 Å². The monoisotopic (exact) mass is 420 g/mol. The first-order chi connectivity index (χ1) is 14.4. The zero-order valence-electron chi connectivity index (χ0n) is 17.1. The Hall–Kier alpha value is -2.98. The summed E-state index contributed by atoms with van der Waals surface area (Å²) in [5.74, 6) is -0.732. The number of guanidine groups is 1. The Balaban J connectivity index is 2.85. The summed E-state index contributed by atoms with van der Waals surface area (Å²) in [5.41, 5.74) is 22.8. The molecular formula is C20H32N6O4. The van der Waals surface area contributed by atoms with E-state index in [0.717, 1.165) is 10.5 Å². The standard InChI is InChI=1S/C20H32N6O4/c21-11-5-4-9-16(13-27)26(18(28)17(22)10-6-12-25-19(23)24)20(29)30-14-15-7-2-1-3-8-15/h1-3,7-8,13,16-17H,4-6,9-12,14,21-22H2,(H4,23,24,25)/t16-,17-/m0/s1. The summed E-state index contributed by atoms with van der Waals surface area (Å²) < 4.78 is 5.28. The first-order valence-corrected chi connectivity index (χ1v) is 9.90. The second-order valence-corrected chi connectivity index (χ2v) is 6.79. The molecule has 2 amide bonds. The number of aliphatic imine (C=N–C) groups is 1. The van der Waals surface area contributed by atoms with Gasteiger partial charge in [0.25, 0.3) is 0 Å². The predicted octanol–water partition coefficient (Wildman–Crippen LogP) is 0.229. The van der Waals surface area contributed by atoms with Crippen molar-refractivity contribution in [1.29, 1.82) is 0 Å². The maximum Gasteiger partial charge on any atom is 0.417 e. The van der Waals surface area contributed by atoms with E-state index < -0.39 is 24.1 Å². The molecule has 0 bridgehead atoms. The number of aldehydes is 1. The number of benzene rings is 1. The van der Waals surface area contributed by atoms with Crippen LogP contribution in [0.1, 0.15) is 37.7 Å². The lowest BCUT2D eigenvalue weighted by molar-refractivity contribution is -0.136. The van der Waals surface area contributed by atoms with Gasteiger partial charge in [-0.05, 0) is 44.2 Å². The number of imide groups is 1. The first-order valence-electron chi connectivity index (χ1n) is 9.90. The van der Waals surface area contributed by atoms with Crippen LogP contribution in [0.5, 0.6) is 0 Å². The van der Waals surface area contributed by atoms with Crippen LogP contribution in [0.25, 0.3) is 0 Å². The lowest BCUT2D eigenvalue weighted by Crippen LogP contribution is -2.52. The molecule has 10 nitrogen and oxygen atoms in total. The fourth-order valence-electron chi connectivity index (χ4n) is 2.75. The number of carbonyl (C=O) groups is 3. The van der Waals surface area contributed by atoms with Crippen molar-refractivity contribution in [2.45, 2.75) is 50.8 Å². The second-order valence-electron chi connectivity index (χ2n) is 6.79. The molecule has 0 aromatic heterocycles. The number of hydrogen-bond donors (Lipinski definition) is 4. The predicted molar refractivity (Wildman–Crippen MR) is 114 cm³/mol. The van der Waals surface area contributed by atoms with Crippen molar-refractivity contribution >= 4 is 24.2 Å². The molecule has 0 spiro atoms. The quantitative estimate of drug-likeness (QED) is 0.151. The molecule has 0 saturated carbocycles. The normalized spacial score (nSPS) is 12.5. The van der Waals surface area contributed by atoms with Crippen molar-refractivity contribution in [3.63, 3.8) is 0 Å². The molecule has 0 aliphatic heterocycles. The van der Waals surface area contributed by atoms with Crippen molar-refractivity contribution in [3.05, 3.63) is 35.9 Å². The Morgan fingerprint density at radius 2 is 1.80 bits per heavy atom. The van der Waals surface area contributed by atoms with Gasteiger partial charge in [-0.25, -0.2) is 9.69 Å². The van der Waals surface area contributed by atoms with E-state index >= 15 is 0 Å². The van der Waals surface area contributed by atoms with Crippen molar-refractivity contribution in [2.75, 3.05) is 13.1 Å². The molecule has 0 aliphatic rings. The fraction of sp³-hybridized carbons (Fsp3) is 0.500. The van der Waals surface area contributed by atoms with E-state index in [9.17, 15) is 14.4 Å². The average Bonchev–Trinajstić information content (AvgIpc) is 2.74. The molecule has 0 radical (unpaired) electrons. The largest absolute Gasteiger partial charge is 0.444 e. The summed E-state index contributed by atoms with van der Waals surface area (Å²) in [6.45, 7) is 0.717. The summed E-state index contributed by atoms with van der Waals surface area (Å²) in [5, 5.41) is 0. The van der Waals surface area contributed by atoms with E-state index in [1.165, 1.54) is 0 Å². The van der Waals surface area contributed by atoms with E-state index in [1.807, 2.05) is 6.07 Å². The molecule has 8 N–H and O–H groups in total. The van der Waals surface area contributed by atoms with Gasteiger partial charge in [-0.2, -0.15) is 0 Å². The van der Waals surface area contributed by atoms with Crippen molar-refractivity contribution in [1.82, 2.24) is 4.90 Å². The van der Waals surface area contributed by atoms with Gasteiger partial charge in [-0.15, -0.1) is 0 Å². The minimum absolute atomic E-state index is 0.0302. The molecule has 0 aliphatic carbocycles. The summed E-state index contributed by atoms with van der Waals surface area (Å²) >= 11 is 0. The van der Waals surface area contributed by atoms with E-state index in [2.05, 4.69) is 4.99 Å². The molecule has 30 heavy (non-hydrogen) atoms. The number of unbranched alkanes of at least 4 members (excludes halogenated alkanes) is 1. The van der Waals surface area contributed by atoms with Gasteiger partial charge in [0.15, 0.2) is 5.96 Å². The first kappa shape index (κ1) is 25.1. The van der Waals surface area contributed by atoms with Crippen LogP contribution in [0, 0.1) is 0 Å². The van der Waals surface area contributed by atoms with Crippen LogP contribution in [0.3, 0.4) is 0 Å². The number of amides is 2. The smallest absolute Gasteiger partial charge is 0.417 e. The SMILES string of the molecule is NCCCC[C@@H](C=O)N(C(=O)OCc1ccccc1)C(=O)[C@@H](N)CCCN=C(N)N. The van der Waals surface area contributed by atoms with Crippen LogP contribution in [0.2, 0.25) is 0 Å². The van der Waals surface area contributed by atoms with Crippen LogP contribution in [-0.4, -0.2) is 54.3 Å².